The number of allylic oxidation sites excluding steroid dienone is 1. The molecule has 0 unspecified atom stereocenters. The molecule has 4 rings (SSSR count). The van der Waals surface area contributed by atoms with Crippen LogP contribution in [-0.2, 0) is 15.7 Å². The first-order valence-corrected chi connectivity index (χ1v) is 13.5. The predicted octanol–water partition coefficient (Wildman–Crippen LogP) is 3.99. The predicted molar refractivity (Wildman–Crippen MR) is 155 cm³/mol. The number of nitrogens with two attached hydrogens (primary N) is 1. The maximum absolute atomic E-state index is 13.0. The molecule has 1 saturated heterocycles. The van der Waals surface area contributed by atoms with Crippen LogP contribution in [0.3, 0.4) is 0 Å². The molecule has 13 heteroatoms. The van der Waals surface area contributed by atoms with Crippen molar-refractivity contribution in [3.05, 3.63) is 76.9 Å². The van der Waals surface area contributed by atoms with Crippen LogP contribution in [0.1, 0.15) is 35.3 Å². The van der Waals surface area contributed by atoms with Gasteiger partial charge in [-0.2, -0.15) is 13.2 Å². The van der Waals surface area contributed by atoms with Crippen LogP contribution in [0, 0.1) is 0 Å². The minimum atomic E-state index is -4.55. The number of benzene rings is 1. The first-order valence-electron chi connectivity index (χ1n) is 13.5. The Kier molecular flexibility index (Phi) is 10.1. The number of amides is 1. The van der Waals surface area contributed by atoms with Crippen LogP contribution in [0.4, 0.5) is 19.0 Å². The zero-order valence-corrected chi connectivity index (χ0v) is 23.5. The van der Waals surface area contributed by atoms with Gasteiger partial charge in [0.05, 0.1) is 37.1 Å². The van der Waals surface area contributed by atoms with Crippen molar-refractivity contribution in [1.82, 2.24) is 14.8 Å². The summed E-state index contributed by atoms with van der Waals surface area (Å²) < 4.78 is 50.6. The van der Waals surface area contributed by atoms with Crippen LogP contribution in [-0.4, -0.2) is 85.3 Å². The number of aliphatic imine (C=N–C) groups is 2. The van der Waals surface area contributed by atoms with Gasteiger partial charge in [0.15, 0.2) is 0 Å². The standard InChI is InChI=1S/C29H34F3N7O3/c1-4-41-13-11-38-12-14-42-23(17-38)18-39-19(2)16-36-27(33)26(39)25(34-3)20-5-7-21(8-6-20)28(40)37-24-15-22(9-10-35-24)29(30,31)32/h5-10,15-16,23H,3-4,11-14,17-18H2,1-2H3,(H2,33,36)(H,35,37,40)/b26-25-/t23-/m1/s1. The lowest BCUT2D eigenvalue weighted by Gasteiger charge is -2.38. The lowest BCUT2D eigenvalue weighted by Crippen LogP contribution is -2.49. The summed E-state index contributed by atoms with van der Waals surface area (Å²) in [5, 5.41) is 2.40. The Morgan fingerprint density at radius 2 is 2.00 bits per heavy atom. The molecule has 1 aromatic heterocycles. The van der Waals surface area contributed by atoms with E-state index in [2.05, 4.69) is 31.9 Å². The van der Waals surface area contributed by atoms with E-state index in [0.717, 1.165) is 43.7 Å². The summed E-state index contributed by atoms with van der Waals surface area (Å²) in [7, 11) is 0. The van der Waals surface area contributed by atoms with Gasteiger partial charge < -0.3 is 25.4 Å². The van der Waals surface area contributed by atoms with Crippen LogP contribution >= 0.6 is 0 Å². The highest BCUT2D eigenvalue weighted by atomic mass is 19.4. The molecule has 3 N–H and O–H groups in total. The van der Waals surface area contributed by atoms with Crippen molar-refractivity contribution in [2.45, 2.75) is 26.1 Å². The minimum Gasteiger partial charge on any atom is -0.382 e. The molecule has 2 aromatic rings. The van der Waals surface area contributed by atoms with Gasteiger partial charge in [-0.15, -0.1) is 0 Å². The van der Waals surface area contributed by atoms with Crippen LogP contribution in [0.5, 0.6) is 0 Å². The Hall–Kier alpha value is -4.07. The number of halogens is 3. The summed E-state index contributed by atoms with van der Waals surface area (Å²) in [6.45, 7) is 12.4. The van der Waals surface area contributed by atoms with Crippen molar-refractivity contribution < 1.29 is 27.4 Å². The second-order valence-corrected chi connectivity index (χ2v) is 9.70. The zero-order valence-electron chi connectivity index (χ0n) is 23.5. The summed E-state index contributed by atoms with van der Waals surface area (Å²) in [6, 6.07) is 8.01. The summed E-state index contributed by atoms with van der Waals surface area (Å²) in [4.78, 5) is 29.5. The molecule has 0 bridgehead atoms. The lowest BCUT2D eigenvalue weighted by atomic mass is 10.0. The Bertz CT molecular complexity index is 1370. The van der Waals surface area contributed by atoms with Crippen LogP contribution < -0.4 is 11.1 Å². The van der Waals surface area contributed by atoms with Gasteiger partial charge in [-0.3, -0.25) is 14.7 Å². The normalized spacial score (nSPS) is 19.2. The molecule has 1 amide bonds. The lowest BCUT2D eigenvalue weighted by molar-refractivity contribution is -0.137. The largest absolute Gasteiger partial charge is 0.416 e. The fraction of sp³-hybridized carbons (Fsp3) is 0.379. The molecule has 0 radical (unpaired) electrons. The van der Waals surface area contributed by atoms with Crippen molar-refractivity contribution >= 4 is 30.0 Å². The quantitative estimate of drug-likeness (QED) is 0.320. The summed E-state index contributed by atoms with van der Waals surface area (Å²) in [5.74, 6) is -0.568. The van der Waals surface area contributed by atoms with Gasteiger partial charge in [-0.05, 0) is 44.8 Å². The number of rotatable bonds is 10. The first kappa shape index (κ1) is 30.9. The molecule has 1 atom stereocenters. The highest BCUT2D eigenvalue weighted by Gasteiger charge is 2.31. The molecule has 0 saturated carbocycles. The van der Waals surface area contributed by atoms with Crippen molar-refractivity contribution in [3.63, 3.8) is 0 Å². The number of nitrogens with one attached hydrogen (secondary N) is 1. The Labute approximate surface area is 242 Å². The second kappa shape index (κ2) is 13.7. The summed E-state index contributed by atoms with van der Waals surface area (Å²) >= 11 is 0. The molecular formula is C29H34F3N7O3. The number of nitrogens with zero attached hydrogens (tertiary/aromatic N) is 5. The van der Waals surface area contributed by atoms with Crippen LogP contribution in [0.25, 0.3) is 5.70 Å². The monoisotopic (exact) mass is 585 g/mol. The van der Waals surface area contributed by atoms with E-state index in [0.29, 0.717) is 43.3 Å². The van der Waals surface area contributed by atoms with E-state index in [1.165, 1.54) is 12.1 Å². The number of pyridine rings is 1. The van der Waals surface area contributed by atoms with Gasteiger partial charge in [0.2, 0.25) is 0 Å². The Morgan fingerprint density at radius 1 is 1.26 bits per heavy atom. The first-order chi connectivity index (χ1) is 20.1. The van der Waals surface area contributed by atoms with Gasteiger partial charge in [0.1, 0.15) is 17.4 Å². The number of anilines is 1. The zero-order chi connectivity index (χ0) is 30.3. The molecule has 2 aliphatic rings. The Morgan fingerprint density at radius 3 is 2.69 bits per heavy atom. The van der Waals surface area contributed by atoms with Crippen molar-refractivity contribution in [2.75, 3.05) is 51.3 Å². The second-order valence-electron chi connectivity index (χ2n) is 9.70. The van der Waals surface area contributed by atoms with E-state index in [-0.39, 0.29) is 23.3 Å². The van der Waals surface area contributed by atoms with Gasteiger partial charge in [-0.25, -0.2) is 9.98 Å². The third-order valence-corrected chi connectivity index (χ3v) is 6.83. The Balaban J connectivity index is 1.53. The molecule has 224 valence electrons. The van der Waals surface area contributed by atoms with Crippen molar-refractivity contribution in [3.8, 4) is 0 Å². The highest BCUT2D eigenvalue weighted by Crippen LogP contribution is 2.31. The number of ether oxygens (including phenoxy) is 2. The SMILES string of the molecule is C=N/C(=C1/C(N)=NC=C(C)N1C[C@H]1CN(CCOCC)CCO1)c1ccc(C(=O)Nc2cc(C(F)(F)F)ccn2)cc1. The molecular weight excluding hydrogens is 551 g/mol. The van der Waals surface area contributed by atoms with Gasteiger partial charge in [-0.1, -0.05) is 12.1 Å². The number of alkyl halides is 3. The third-order valence-electron chi connectivity index (χ3n) is 6.83. The minimum absolute atomic E-state index is 0.105. The highest BCUT2D eigenvalue weighted by molar-refractivity contribution is 6.06. The molecule has 0 spiro atoms. The maximum atomic E-state index is 13.0. The van der Waals surface area contributed by atoms with E-state index >= 15 is 0 Å². The van der Waals surface area contributed by atoms with Crippen molar-refractivity contribution in [1.29, 1.82) is 0 Å². The summed E-state index contributed by atoms with van der Waals surface area (Å²) in [6.07, 6.45) is -1.98. The van der Waals surface area contributed by atoms with Gasteiger partial charge >= 0.3 is 6.18 Å². The number of aromatic nitrogens is 1. The third kappa shape index (κ3) is 7.60. The molecule has 1 fully saturated rings. The van der Waals surface area contributed by atoms with Crippen molar-refractivity contribution in [2.24, 2.45) is 15.7 Å². The smallest absolute Gasteiger partial charge is 0.382 e. The van der Waals surface area contributed by atoms with E-state index in [9.17, 15) is 18.0 Å². The molecule has 10 nitrogen and oxygen atoms in total. The average Bonchev–Trinajstić information content (AvgIpc) is 2.97. The molecule has 1 aromatic carbocycles. The summed E-state index contributed by atoms with van der Waals surface area (Å²) in [5.41, 5.74) is 8.16. The number of amidine groups is 1. The van der Waals surface area contributed by atoms with E-state index in [1.807, 2.05) is 18.7 Å². The molecule has 3 heterocycles. The van der Waals surface area contributed by atoms with Gasteiger partial charge in [0, 0.05) is 55.5 Å². The number of carbonyl (C=O) groups is 1. The topological polar surface area (TPSA) is 118 Å². The number of hydrogen-bond acceptors (Lipinski definition) is 9. The fourth-order valence-electron chi connectivity index (χ4n) is 4.67. The van der Waals surface area contributed by atoms with Gasteiger partial charge in [0.25, 0.3) is 5.91 Å². The molecule has 2 aliphatic heterocycles. The number of morpholine rings is 1. The maximum Gasteiger partial charge on any atom is 0.416 e. The fourth-order valence-corrected chi connectivity index (χ4v) is 4.67. The number of hydrogen-bond donors (Lipinski definition) is 2. The molecule has 42 heavy (non-hydrogen) atoms. The van der Waals surface area contributed by atoms with E-state index in [1.54, 1.807) is 18.3 Å². The molecule has 0 aliphatic carbocycles. The van der Waals surface area contributed by atoms with E-state index < -0.39 is 17.6 Å². The number of carbonyl (C=O) groups excluding carboxylic acids is 1. The van der Waals surface area contributed by atoms with Crippen LogP contribution in [0.2, 0.25) is 0 Å². The average molecular weight is 586 g/mol. The van der Waals surface area contributed by atoms with E-state index in [4.69, 9.17) is 15.2 Å². The van der Waals surface area contributed by atoms with Crippen LogP contribution in [0.15, 0.2) is 70.2 Å².